The monoisotopic (exact) mass is 258 g/mol. The normalized spacial score (nSPS) is 11.6. The lowest BCUT2D eigenvalue weighted by molar-refractivity contribution is -0.136. The van der Waals surface area contributed by atoms with Crippen LogP contribution in [0.15, 0.2) is 24.3 Å². The van der Waals surface area contributed by atoms with Gasteiger partial charge in [-0.15, -0.1) is 0 Å². The molecule has 0 bridgehead atoms. The van der Waals surface area contributed by atoms with Gasteiger partial charge in [0.25, 0.3) is 0 Å². The van der Waals surface area contributed by atoms with Crippen molar-refractivity contribution in [2.45, 2.75) is 43.4 Å². The van der Waals surface area contributed by atoms with Gasteiger partial charge >= 0.3 is 20.3 Å². The number of hydrogen-bond donors (Lipinski definition) is 0. The van der Waals surface area contributed by atoms with Gasteiger partial charge in [-0.2, -0.15) is 13.2 Å². The standard InChI is InChI=1S/C7H4F3.2C3H7.Al/c8-7(9,10)6-4-2-1-3-5-6;2*1-3-2;/h1-4H;2*1,3H2,2H3;. The van der Waals surface area contributed by atoms with Crippen LogP contribution < -0.4 is 4.43 Å². The molecule has 0 heterocycles. The molecule has 0 aliphatic rings. The van der Waals surface area contributed by atoms with Crippen molar-refractivity contribution < 1.29 is 13.2 Å². The van der Waals surface area contributed by atoms with Crippen LogP contribution in [-0.4, -0.2) is 14.1 Å². The van der Waals surface area contributed by atoms with Crippen molar-refractivity contribution in [2.24, 2.45) is 0 Å². The van der Waals surface area contributed by atoms with Crippen molar-refractivity contribution in [1.82, 2.24) is 0 Å². The first-order valence-corrected chi connectivity index (χ1v) is 8.37. The van der Waals surface area contributed by atoms with Gasteiger partial charge in [-0.3, -0.25) is 0 Å². The Morgan fingerprint density at radius 3 is 2.00 bits per heavy atom. The smallest absolute Gasteiger partial charge is 0.166 e. The van der Waals surface area contributed by atoms with Crippen molar-refractivity contribution in [1.29, 1.82) is 0 Å². The summed E-state index contributed by atoms with van der Waals surface area (Å²) in [6.45, 7) is 4.09. The van der Waals surface area contributed by atoms with Crippen molar-refractivity contribution in [3.63, 3.8) is 0 Å². The summed E-state index contributed by atoms with van der Waals surface area (Å²) in [4.78, 5) is 0. The minimum atomic E-state index is -4.21. The van der Waals surface area contributed by atoms with E-state index < -0.39 is 25.9 Å². The molecule has 0 aromatic heterocycles. The van der Waals surface area contributed by atoms with Gasteiger partial charge < -0.3 is 0 Å². The van der Waals surface area contributed by atoms with E-state index in [1.165, 1.54) is 12.1 Å². The van der Waals surface area contributed by atoms with Crippen LogP contribution in [-0.2, 0) is 6.18 Å². The fourth-order valence-corrected chi connectivity index (χ4v) is 5.65. The lowest BCUT2D eigenvalue weighted by Crippen LogP contribution is -2.35. The largest absolute Gasteiger partial charge is 0.415 e. The van der Waals surface area contributed by atoms with Crippen LogP contribution in [0.1, 0.15) is 32.3 Å². The van der Waals surface area contributed by atoms with Gasteiger partial charge in [-0.25, -0.2) is 0 Å². The molecule has 0 atom stereocenters. The summed E-state index contributed by atoms with van der Waals surface area (Å²) in [6, 6.07) is 6.12. The minimum Gasteiger partial charge on any atom is -0.166 e. The van der Waals surface area contributed by atoms with E-state index in [0.717, 1.165) is 23.4 Å². The summed E-state index contributed by atoms with van der Waals surface area (Å²) in [5, 5.41) is 1.92. The highest BCUT2D eigenvalue weighted by atomic mass is 27.2. The highest BCUT2D eigenvalue weighted by molar-refractivity contribution is 6.73. The van der Waals surface area contributed by atoms with Gasteiger partial charge in [0.2, 0.25) is 0 Å². The zero-order valence-electron chi connectivity index (χ0n) is 10.3. The van der Waals surface area contributed by atoms with Gasteiger partial charge in [0.15, 0.2) is 0 Å². The first kappa shape index (κ1) is 14.6. The summed E-state index contributed by atoms with van der Waals surface area (Å²) in [5.74, 6) is 0. The maximum atomic E-state index is 12.9. The molecule has 0 unspecified atom stereocenters. The van der Waals surface area contributed by atoms with Crippen LogP contribution in [0.2, 0.25) is 10.6 Å². The third-order valence-corrected chi connectivity index (χ3v) is 6.91. The Morgan fingerprint density at radius 2 is 1.53 bits per heavy atom. The maximum absolute atomic E-state index is 12.9. The molecule has 0 saturated heterocycles. The van der Waals surface area contributed by atoms with E-state index in [9.17, 15) is 13.2 Å². The average Bonchev–Trinajstić information content (AvgIpc) is 2.28. The van der Waals surface area contributed by atoms with Gasteiger partial charge in [0, 0.05) is 5.56 Å². The van der Waals surface area contributed by atoms with E-state index in [-0.39, 0.29) is 0 Å². The zero-order chi connectivity index (χ0) is 12.9. The first-order chi connectivity index (χ1) is 8.00. The highest BCUT2D eigenvalue weighted by Crippen LogP contribution is 2.28. The predicted octanol–water partition coefficient (Wildman–Crippen LogP) is 4.23. The Morgan fingerprint density at radius 1 is 1.00 bits per heavy atom. The molecule has 0 N–H and O–H groups in total. The fraction of sp³-hybridized carbons (Fsp3) is 0.538. The Balaban J connectivity index is 3.09. The third kappa shape index (κ3) is 4.05. The first-order valence-electron chi connectivity index (χ1n) is 6.16. The minimum absolute atomic E-state index is 0.404. The molecule has 0 nitrogen and oxygen atoms in total. The second-order valence-corrected chi connectivity index (χ2v) is 7.53. The lowest BCUT2D eigenvalue weighted by atomic mass is 10.2. The zero-order valence-corrected chi connectivity index (χ0v) is 11.5. The average molecular weight is 258 g/mol. The molecule has 0 fully saturated rings. The van der Waals surface area contributed by atoms with Gasteiger partial charge in [0.1, 0.15) is 0 Å². The molecule has 17 heavy (non-hydrogen) atoms. The fourth-order valence-electron chi connectivity index (χ4n) is 2.26. The Labute approximate surface area is 105 Å². The van der Waals surface area contributed by atoms with E-state index in [4.69, 9.17) is 0 Å². The van der Waals surface area contributed by atoms with Crippen LogP contribution in [0, 0.1) is 0 Å². The molecule has 1 rings (SSSR count). The van der Waals surface area contributed by atoms with Gasteiger partial charge in [-0.05, 0) is 0 Å². The Hall–Kier alpha value is -0.458. The van der Waals surface area contributed by atoms with Crippen LogP contribution in [0.4, 0.5) is 13.2 Å². The van der Waals surface area contributed by atoms with Crippen molar-refractivity contribution in [3.8, 4) is 0 Å². The molecule has 0 amide bonds. The van der Waals surface area contributed by atoms with Gasteiger partial charge in [0.05, 0.1) is 0 Å². The number of alkyl halides is 3. The second kappa shape index (κ2) is 6.47. The summed E-state index contributed by atoms with van der Waals surface area (Å²) >= 11 is -1.45. The second-order valence-electron chi connectivity index (χ2n) is 4.36. The molecule has 0 aliphatic carbocycles. The van der Waals surface area contributed by atoms with Crippen molar-refractivity contribution >= 4 is 18.6 Å². The van der Waals surface area contributed by atoms with E-state index in [0.29, 0.717) is 4.43 Å². The molecule has 1 aromatic carbocycles. The van der Waals surface area contributed by atoms with Crippen molar-refractivity contribution in [2.75, 3.05) is 0 Å². The Bertz CT molecular complexity index is 341. The van der Waals surface area contributed by atoms with Crippen molar-refractivity contribution in [3.05, 3.63) is 29.8 Å². The summed E-state index contributed by atoms with van der Waals surface area (Å²) < 4.78 is 39.3. The van der Waals surface area contributed by atoms with Crippen LogP contribution in [0.5, 0.6) is 0 Å². The molecule has 94 valence electrons. The van der Waals surface area contributed by atoms with E-state index in [1.807, 2.05) is 13.8 Å². The third-order valence-electron chi connectivity index (χ3n) is 2.98. The topological polar surface area (TPSA) is 0 Å². The predicted molar refractivity (Wildman–Crippen MR) is 67.0 cm³/mol. The number of benzene rings is 1. The molecule has 1 aromatic rings. The van der Waals surface area contributed by atoms with E-state index in [1.54, 1.807) is 12.1 Å². The number of rotatable bonds is 5. The summed E-state index contributed by atoms with van der Waals surface area (Å²) in [6.07, 6.45) is -2.25. The molecule has 4 heteroatoms. The molecule has 0 saturated carbocycles. The summed E-state index contributed by atoms with van der Waals surface area (Å²) in [5.41, 5.74) is -0.404. The molecular weight excluding hydrogens is 240 g/mol. The lowest BCUT2D eigenvalue weighted by Gasteiger charge is -2.17. The maximum Gasteiger partial charge on any atom is 0.415 e. The Kier molecular flexibility index (Phi) is 5.56. The number of hydrogen-bond acceptors (Lipinski definition) is 0. The van der Waals surface area contributed by atoms with Crippen LogP contribution >= 0.6 is 0 Å². The molecule has 0 spiro atoms. The summed E-state index contributed by atoms with van der Waals surface area (Å²) in [7, 11) is 0. The van der Waals surface area contributed by atoms with Crippen LogP contribution in [0.25, 0.3) is 0 Å². The van der Waals surface area contributed by atoms with E-state index in [2.05, 4.69) is 0 Å². The van der Waals surface area contributed by atoms with E-state index >= 15 is 0 Å². The quantitative estimate of drug-likeness (QED) is 0.693. The number of halogens is 3. The van der Waals surface area contributed by atoms with Gasteiger partial charge in [-0.1, -0.05) is 65.9 Å². The molecule has 0 radical (unpaired) electrons. The van der Waals surface area contributed by atoms with Crippen LogP contribution in [0.3, 0.4) is 0 Å². The SMILES string of the molecule is CC[CH2][Al]([CH2]CC)[c]1ccccc1C(F)(F)F. The molecular formula is C13H18AlF3. The molecule has 0 aliphatic heterocycles. The highest BCUT2D eigenvalue weighted by Gasteiger charge is 2.35.